The van der Waals surface area contributed by atoms with Gasteiger partial charge in [-0.1, -0.05) is 26.8 Å². The number of aromatic nitrogens is 2. The minimum Gasteiger partial charge on any atom is -0.433 e. The van der Waals surface area contributed by atoms with Gasteiger partial charge in [0.05, 0.1) is 22.0 Å². The summed E-state index contributed by atoms with van der Waals surface area (Å²) in [6, 6.07) is 3.31. The zero-order valence-electron chi connectivity index (χ0n) is 23.0. The molecule has 1 amide bonds. The quantitative estimate of drug-likeness (QED) is 0.374. The lowest BCUT2D eigenvalue weighted by Crippen LogP contribution is -2.47. The molecule has 0 aliphatic heterocycles. The molecule has 230 valence electrons. The number of sulfone groups is 1. The summed E-state index contributed by atoms with van der Waals surface area (Å²) in [5.74, 6) is -2.89. The Labute approximate surface area is 234 Å². The summed E-state index contributed by atoms with van der Waals surface area (Å²) < 4.78 is 111. The predicted octanol–water partition coefficient (Wildman–Crippen LogP) is 4.75. The minimum atomic E-state index is -4.58. The van der Waals surface area contributed by atoms with E-state index in [2.05, 4.69) is 15.0 Å². The van der Waals surface area contributed by atoms with Crippen molar-refractivity contribution in [2.24, 2.45) is 5.41 Å². The van der Waals surface area contributed by atoms with E-state index in [-0.39, 0.29) is 55.7 Å². The molecule has 0 unspecified atom stereocenters. The van der Waals surface area contributed by atoms with Gasteiger partial charge in [0.1, 0.15) is 15.7 Å². The number of ether oxygens (including phenoxy) is 1. The molecule has 1 aliphatic rings. The molecule has 1 aliphatic carbocycles. The molecule has 0 saturated heterocycles. The van der Waals surface area contributed by atoms with E-state index in [1.807, 2.05) is 0 Å². The monoisotopic (exact) mass is 613 g/mol. The van der Waals surface area contributed by atoms with Gasteiger partial charge in [0, 0.05) is 19.2 Å². The molecule has 0 bridgehead atoms. The number of carbonyl (C=O) groups excluding carboxylic acids is 1. The number of aliphatic hydroxyl groups is 1. The van der Waals surface area contributed by atoms with E-state index in [9.17, 15) is 40.3 Å². The van der Waals surface area contributed by atoms with Crippen LogP contribution < -0.4 is 10.1 Å². The van der Waals surface area contributed by atoms with Gasteiger partial charge in [-0.25, -0.2) is 13.4 Å². The molecular weight excluding hydrogens is 580 g/mol. The van der Waals surface area contributed by atoms with Gasteiger partial charge in [-0.05, 0) is 49.8 Å². The standard InChI is InChI=1S/C26H33F6N3O5S/c1-5-19-34-20(22(36)33-14-25(37)10-8-16(9-11-25)41(4,38)39)21(27)35(19)17-7-6-15(12-18(17)40-23(28)29)13-24(2,3)26(30,31)32/h6-7,12,16,23,37H,5,8-11,13-14H2,1-4H3,(H,33,36). The van der Waals surface area contributed by atoms with E-state index in [4.69, 9.17) is 0 Å². The van der Waals surface area contributed by atoms with Crippen molar-refractivity contribution in [3.05, 3.63) is 41.2 Å². The van der Waals surface area contributed by atoms with Crippen molar-refractivity contribution in [2.75, 3.05) is 12.8 Å². The summed E-state index contributed by atoms with van der Waals surface area (Å²) in [5, 5.41) is 12.6. The molecule has 8 nitrogen and oxygen atoms in total. The highest BCUT2D eigenvalue weighted by molar-refractivity contribution is 7.91. The topological polar surface area (TPSA) is 111 Å². The molecule has 0 spiro atoms. The van der Waals surface area contributed by atoms with Crippen molar-refractivity contribution in [3.8, 4) is 11.4 Å². The van der Waals surface area contributed by atoms with E-state index in [1.54, 1.807) is 6.92 Å². The van der Waals surface area contributed by atoms with Crippen LogP contribution in [0.2, 0.25) is 0 Å². The summed E-state index contributed by atoms with van der Waals surface area (Å²) in [5.41, 5.74) is -4.58. The number of hydrogen-bond donors (Lipinski definition) is 2. The average Bonchev–Trinajstić information content (AvgIpc) is 3.17. The summed E-state index contributed by atoms with van der Waals surface area (Å²) in [6.45, 7) is -0.204. The number of nitrogens with zero attached hydrogens (tertiary/aromatic N) is 2. The summed E-state index contributed by atoms with van der Waals surface area (Å²) in [4.78, 5) is 16.9. The number of halogens is 6. The maximum absolute atomic E-state index is 15.6. The van der Waals surface area contributed by atoms with Gasteiger partial charge in [0.2, 0.25) is 5.95 Å². The first-order valence-corrected chi connectivity index (χ1v) is 14.8. The molecule has 15 heteroatoms. The highest BCUT2D eigenvalue weighted by atomic mass is 32.2. The maximum Gasteiger partial charge on any atom is 0.394 e. The molecular formula is C26H33F6N3O5S. The fraction of sp³-hybridized carbons (Fsp3) is 0.615. The van der Waals surface area contributed by atoms with Crippen LogP contribution in [0.25, 0.3) is 5.69 Å². The zero-order chi connectivity index (χ0) is 31.0. The van der Waals surface area contributed by atoms with Crippen molar-refractivity contribution >= 4 is 15.7 Å². The zero-order valence-corrected chi connectivity index (χ0v) is 23.8. The predicted molar refractivity (Wildman–Crippen MR) is 137 cm³/mol. The van der Waals surface area contributed by atoms with Crippen molar-refractivity contribution < 1.29 is 49.4 Å². The number of carbonyl (C=O) groups is 1. The first kappa shape index (κ1) is 32.7. The molecule has 0 atom stereocenters. The number of benzene rings is 1. The van der Waals surface area contributed by atoms with Gasteiger partial charge in [0.15, 0.2) is 11.4 Å². The maximum atomic E-state index is 15.6. The second kappa shape index (κ2) is 11.8. The molecule has 3 rings (SSSR count). The van der Waals surface area contributed by atoms with Gasteiger partial charge in [-0.2, -0.15) is 26.3 Å². The summed E-state index contributed by atoms with van der Waals surface area (Å²) in [7, 11) is -3.28. The SMILES string of the molecule is CCc1nc(C(=O)NCC2(O)CCC(S(C)(=O)=O)CC2)c(F)n1-c1ccc(CC(C)(C)C(F)(F)F)cc1OC(F)F. The smallest absolute Gasteiger partial charge is 0.394 e. The van der Waals surface area contributed by atoms with Crippen LogP contribution >= 0.6 is 0 Å². The van der Waals surface area contributed by atoms with Crippen LogP contribution in [0.15, 0.2) is 18.2 Å². The number of imidazole rings is 1. The second-order valence-electron chi connectivity index (χ2n) is 11.0. The first-order chi connectivity index (χ1) is 18.8. The third kappa shape index (κ3) is 7.53. The normalized spacial score (nSPS) is 20.3. The number of hydrogen-bond acceptors (Lipinski definition) is 6. The lowest BCUT2D eigenvalue weighted by atomic mass is 9.84. The Balaban J connectivity index is 1.89. The Morgan fingerprint density at radius 1 is 1.24 bits per heavy atom. The third-order valence-corrected chi connectivity index (χ3v) is 9.05. The van der Waals surface area contributed by atoms with Crippen LogP contribution in [0.3, 0.4) is 0 Å². The van der Waals surface area contributed by atoms with Crippen molar-refractivity contribution in [2.45, 2.75) is 82.9 Å². The fourth-order valence-corrected chi connectivity index (χ4v) is 5.88. The molecule has 1 aromatic heterocycles. The van der Waals surface area contributed by atoms with E-state index < -0.39 is 68.6 Å². The molecule has 1 saturated carbocycles. The van der Waals surface area contributed by atoms with Crippen LogP contribution in [0, 0.1) is 11.4 Å². The Kier molecular flexibility index (Phi) is 9.43. The Morgan fingerprint density at radius 2 is 1.85 bits per heavy atom. The largest absolute Gasteiger partial charge is 0.433 e. The van der Waals surface area contributed by atoms with Crippen molar-refractivity contribution in [1.29, 1.82) is 0 Å². The van der Waals surface area contributed by atoms with Gasteiger partial charge >= 0.3 is 12.8 Å². The van der Waals surface area contributed by atoms with Crippen LogP contribution in [0.4, 0.5) is 26.3 Å². The molecule has 1 heterocycles. The molecule has 2 aromatic rings. The molecule has 1 fully saturated rings. The van der Waals surface area contributed by atoms with Crippen LogP contribution in [-0.4, -0.2) is 65.4 Å². The highest BCUT2D eigenvalue weighted by Gasteiger charge is 2.47. The Morgan fingerprint density at radius 3 is 2.37 bits per heavy atom. The van der Waals surface area contributed by atoms with Crippen molar-refractivity contribution in [1.82, 2.24) is 14.9 Å². The van der Waals surface area contributed by atoms with E-state index >= 15 is 4.39 Å². The second-order valence-corrected chi connectivity index (χ2v) is 13.4. The lowest BCUT2D eigenvalue weighted by molar-refractivity contribution is -0.211. The van der Waals surface area contributed by atoms with Crippen LogP contribution in [0.1, 0.15) is 68.3 Å². The summed E-state index contributed by atoms with van der Waals surface area (Å²) in [6.07, 6.45) is -3.42. The number of rotatable bonds is 10. The third-order valence-electron chi connectivity index (χ3n) is 7.36. The van der Waals surface area contributed by atoms with Crippen LogP contribution in [-0.2, 0) is 22.7 Å². The van der Waals surface area contributed by atoms with Gasteiger partial charge < -0.3 is 15.2 Å². The number of aryl methyl sites for hydroxylation is 1. The molecule has 2 N–H and O–H groups in total. The van der Waals surface area contributed by atoms with Gasteiger partial charge in [-0.15, -0.1) is 0 Å². The van der Waals surface area contributed by atoms with Gasteiger partial charge in [0.25, 0.3) is 5.91 Å². The molecule has 41 heavy (non-hydrogen) atoms. The number of alkyl halides is 5. The van der Waals surface area contributed by atoms with Gasteiger partial charge in [-0.3, -0.25) is 9.36 Å². The number of amides is 1. The molecule has 1 aromatic carbocycles. The highest BCUT2D eigenvalue weighted by Crippen LogP contribution is 2.41. The number of nitrogens with one attached hydrogen (secondary N) is 1. The lowest BCUT2D eigenvalue weighted by Gasteiger charge is -2.35. The summed E-state index contributed by atoms with van der Waals surface area (Å²) >= 11 is 0. The molecule has 0 radical (unpaired) electrons. The Hall–Kier alpha value is -2.81. The first-order valence-electron chi connectivity index (χ1n) is 12.9. The van der Waals surface area contributed by atoms with E-state index in [0.717, 1.165) is 36.8 Å². The minimum absolute atomic E-state index is 0.0158. The van der Waals surface area contributed by atoms with Crippen molar-refractivity contribution in [3.63, 3.8) is 0 Å². The average molecular weight is 614 g/mol. The van der Waals surface area contributed by atoms with Crippen LogP contribution in [0.5, 0.6) is 5.75 Å². The fourth-order valence-electron chi connectivity index (χ4n) is 4.79. The van der Waals surface area contributed by atoms with E-state index in [1.165, 1.54) is 6.07 Å². The Bertz CT molecular complexity index is 1370. The van der Waals surface area contributed by atoms with E-state index in [0.29, 0.717) is 0 Å².